The van der Waals surface area contributed by atoms with E-state index in [0.29, 0.717) is 0 Å². The minimum Gasteiger partial charge on any atom is -0.461 e. The van der Waals surface area contributed by atoms with Gasteiger partial charge in [-0.3, -0.25) is 4.79 Å². The summed E-state index contributed by atoms with van der Waals surface area (Å²) in [6, 6.07) is 17.6. The molecule has 0 aliphatic rings. The summed E-state index contributed by atoms with van der Waals surface area (Å²) in [4.78, 5) is 23.7. The quantitative estimate of drug-likeness (QED) is 0.557. The number of nitrogens with zero attached hydrogens (tertiary/aromatic N) is 1. The second-order valence-corrected chi connectivity index (χ2v) is 5.42. The van der Waals surface area contributed by atoms with Crippen molar-refractivity contribution in [1.82, 2.24) is 0 Å². The number of benzene rings is 2. The summed E-state index contributed by atoms with van der Waals surface area (Å²) in [6.07, 6.45) is 0.0884. The lowest BCUT2D eigenvalue weighted by Gasteiger charge is -2.11. The lowest BCUT2D eigenvalue weighted by molar-refractivity contribution is -0.148. The monoisotopic (exact) mass is 340 g/mol. The van der Waals surface area contributed by atoms with E-state index in [4.69, 9.17) is 15.0 Å². The van der Waals surface area contributed by atoms with Gasteiger partial charge in [0.05, 0.1) is 0 Å². The van der Waals surface area contributed by atoms with Crippen LogP contribution in [-0.2, 0) is 32.3 Å². The maximum absolute atomic E-state index is 12.0. The van der Waals surface area contributed by atoms with Crippen LogP contribution in [-0.4, -0.2) is 18.0 Å². The fourth-order valence-corrected chi connectivity index (χ4v) is 2.12. The number of rotatable bonds is 9. The Balaban J connectivity index is 1.72. The molecular weight excluding hydrogens is 320 g/mol. The van der Waals surface area contributed by atoms with Gasteiger partial charge in [-0.25, -0.2) is 10.3 Å². The second kappa shape index (κ2) is 9.97. The smallest absolute Gasteiger partial charge is 0.333 e. The van der Waals surface area contributed by atoms with Crippen LogP contribution in [0.4, 0.5) is 0 Å². The van der Waals surface area contributed by atoms with E-state index in [-0.39, 0.29) is 26.1 Å². The highest BCUT2D eigenvalue weighted by Gasteiger charge is 2.21. The van der Waals surface area contributed by atoms with E-state index in [1.807, 2.05) is 60.7 Å². The fourth-order valence-electron chi connectivity index (χ4n) is 2.12. The lowest BCUT2D eigenvalue weighted by Crippen LogP contribution is -2.22. The SMILES string of the molecule is N=NC(CCC(=O)OCc1ccccc1)C(=O)OCc1ccccc1. The topological polar surface area (TPSA) is 88.8 Å². The molecular formula is C19H20N2O4. The molecule has 0 aliphatic carbocycles. The zero-order chi connectivity index (χ0) is 17.9. The second-order valence-electron chi connectivity index (χ2n) is 5.42. The molecule has 0 heterocycles. The molecule has 0 fully saturated rings. The minimum atomic E-state index is -0.993. The zero-order valence-electron chi connectivity index (χ0n) is 13.8. The first-order chi connectivity index (χ1) is 12.2. The molecule has 0 aromatic heterocycles. The first-order valence-corrected chi connectivity index (χ1v) is 7.95. The van der Waals surface area contributed by atoms with Crippen molar-refractivity contribution in [1.29, 1.82) is 5.53 Å². The molecule has 0 bridgehead atoms. The summed E-state index contributed by atoms with van der Waals surface area (Å²) in [5, 5.41) is 3.26. The Morgan fingerprint density at radius 2 is 1.40 bits per heavy atom. The van der Waals surface area contributed by atoms with Crippen molar-refractivity contribution >= 4 is 11.9 Å². The van der Waals surface area contributed by atoms with Crippen LogP contribution < -0.4 is 0 Å². The van der Waals surface area contributed by atoms with Gasteiger partial charge in [0, 0.05) is 6.42 Å². The highest BCUT2D eigenvalue weighted by atomic mass is 16.5. The van der Waals surface area contributed by atoms with Crippen LogP contribution in [0.25, 0.3) is 0 Å². The van der Waals surface area contributed by atoms with Gasteiger partial charge in [0.2, 0.25) is 0 Å². The fraction of sp³-hybridized carbons (Fsp3) is 0.263. The average Bonchev–Trinajstić information content (AvgIpc) is 2.67. The molecule has 0 spiro atoms. The molecule has 0 saturated heterocycles. The average molecular weight is 340 g/mol. The van der Waals surface area contributed by atoms with Crippen molar-refractivity contribution in [3.63, 3.8) is 0 Å². The standard InChI is InChI=1S/C19H20N2O4/c20-21-17(19(23)25-14-16-9-5-2-6-10-16)11-12-18(22)24-13-15-7-3-1-4-8-15/h1-10,17,20H,11-14H2. The molecule has 0 saturated carbocycles. The predicted octanol–water partition coefficient (Wildman–Crippen LogP) is 3.65. The molecule has 1 unspecified atom stereocenters. The van der Waals surface area contributed by atoms with E-state index in [0.717, 1.165) is 11.1 Å². The Bertz CT molecular complexity index is 689. The van der Waals surface area contributed by atoms with Crippen molar-refractivity contribution in [2.45, 2.75) is 32.1 Å². The number of carbonyl (C=O) groups excluding carboxylic acids is 2. The van der Waals surface area contributed by atoms with Gasteiger partial charge in [0.1, 0.15) is 13.2 Å². The van der Waals surface area contributed by atoms with Gasteiger partial charge in [-0.05, 0) is 17.5 Å². The van der Waals surface area contributed by atoms with E-state index in [1.165, 1.54) is 0 Å². The highest BCUT2D eigenvalue weighted by Crippen LogP contribution is 2.09. The molecule has 1 atom stereocenters. The molecule has 1 N–H and O–H groups in total. The van der Waals surface area contributed by atoms with Crippen molar-refractivity contribution in [2.75, 3.05) is 0 Å². The summed E-state index contributed by atoms with van der Waals surface area (Å²) in [5.74, 6) is -1.05. The summed E-state index contributed by atoms with van der Waals surface area (Å²) in [6.45, 7) is 0.297. The van der Waals surface area contributed by atoms with Gasteiger partial charge >= 0.3 is 11.9 Å². The van der Waals surface area contributed by atoms with Crippen LogP contribution in [0.15, 0.2) is 65.8 Å². The highest BCUT2D eigenvalue weighted by molar-refractivity contribution is 5.77. The first-order valence-electron chi connectivity index (χ1n) is 7.95. The Morgan fingerprint density at radius 1 is 0.880 bits per heavy atom. The first kappa shape index (κ1) is 18.3. The zero-order valence-corrected chi connectivity index (χ0v) is 13.8. The normalized spacial score (nSPS) is 11.4. The van der Waals surface area contributed by atoms with Gasteiger partial charge in [0.15, 0.2) is 6.04 Å². The van der Waals surface area contributed by atoms with Crippen LogP contribution >= 0.6 is 0 Å². The third-order valence-electron chi connectivity index (χ3n) is 3.52. The van der Waals surface area contributed by atoms with Gasteiger partial charge in [-0.2, -0.15) is 5.11 Å². The third kappa shape index (κ3) is 6.55. The maximum atomic E-state index is 12.0. The van der Waals surface area contributed by atoms with E-state index in [1.54, 1.807) is 0 Å². The van der Waals surface area contributed by atoms with E-state index in [2.05, 4.69) is 5.11 Å². The molecule has 0 radical (unpaired) electrons. The molecule has 2 aromatic rings. The number of hydrogen-bond donors (Lipinski definition) is 1. The van der Waals surface area contributed by atoms with Gasteiger partial charge < -0.3 is 9.47 Å². The van der Waals surface area contributed by atoms with Crippen molar-refractivity contribution in [3.8, 4) is 0 Å². The molecule has 0 aliphatic heterocycles. The molecule has 130 valence electrons. The van der Waals surface area contributed by atoms with Gasteiger partial charge in [0.25, 0.3) is 0 Å². The van der Waals surface area contributed by atoms with E-state index >= 15 is 0 Å². The van der Waals surface area contributed by atoms with Crippen molar-refractivity contribution in [3.05, 3.63) is 71.8 Å². The Labute approximate surface area is 146 Å². The van der Waals surface area contributed by atoms with Gasteiger partial charge in [-0.15, -0.1) is 0 Å². The number of nitrogens with one attached hydrogen (secondary N) is 1. The lowest BCUT2D eigenvalue weighted by atomic mass is 10.1. The van der Waals surface area contributed by atoms with Crippen molar-refractivity contribution < 1.29 is 19.1 Å². The number of carbonyl (C=O) groups is 2. The number of esters is 2. The molecule has 2 rings (SSSR count). The Kier molecular flexibility index (Phi) is 7.31. The van der Waals surface area contributed by atoms with Gasteiger partial charge in [-0.1, -0.05) is 60.7 Å². The summed E-state index contributed by atoms with van der Waals surface area (Å²) in [7, 11) is 0. The molecule has 0 amide bonds. The van der Waals surface area contributed by atoms with Crippen LogP contribution in [0.2, 0.25) is 0 Å². The van der Waals surface area contributed by atoms with E-state index < -0.39 is 18.0 Å². The molecule has 25 heavy (non-hydrogen) atoms. The summed E-state index contributed by atoms with van der Waals surface area (Å²) >= 11 is 0. The molecule has 6 nitrogen and oxygen atoms in total. The van der Waals surface area contributed by atoms with E-state index in [9.17, 15) is 9.59 Å². The largest absolute Gasteiger partial charge is 0.461 e. The Morgan fingerprint density at radius 3 is 1.92 bits per heavy atom. The minimum absolute atomic E-state index is 0.000315. The van der Waals surface area contributed by atoms with Crippen molar-refractivity contribution in [2.24, 2.45) is 5.11 Å². The van der Waals surface area contributed by atoms with Crippen LogP contribution in [0, 0.1) is 5.53 Å². The molecule has 6 heteroatoms. The van der Waals surface area contributed by atoms with Crippen LogP contribution in [0.1, 0.15) is 24.0 Å². The summed E-state index contributed by atoms with van der Waals surface area (Å²) < 4.78 is 10.3. The predicted molar refractivity (Wildman–Crippen MR) is 90.6 cm³/mol. The third-order valence-corrected chi connectivity index (χ3v) is 3.52. The molecule has 2 aromatic carbocycles. The van der Waals surface area contributed by atoms with Crippen LogP contribution in [0.5, 0.6) is 0 Å². The summed E-state index contributed by atoms with van der Waals surface area (Å²) in [5.41, 5.74) is 8.86. The number of ether oxygens (including phenoxy) is 2. The Hall–Kier alpha value is -3.02. The number of hydrogen-bond acceptors (Lipinski definition) is 6. The maximum Gasteiger partial charge on any atom is 0.333 e. The van der Waals surface area contributed by atoms with Crippen LogP contribution in [0.3, 0.4) is 0 Å².